The Hall–Kier alpha value is -4.37. The second-order valence-electron chi connectivity index (χ2n) is 8.65. The van der Waals surface area contributed by atoms with E-state index in [0.717, 1.165) is 11.1 Å². The second kappa shape index (κ2) is 10.5. The van der Waals surface area contributed by atoms with E-state index in [0.29, 0.717) is 45.6 Å². The third kappa shape index (κ3) is 4.56. The number of ether oxygens (including phenoxy) is 3. The van der Waals surface area contributed by atoms with Crippen molar-refractivity contribution in [3.63, 3.8) is 0 Å². The molecule has 3 aromatic carbocycles. The van der Waals surface area contributed by atoms with E-state index >= 15 is 0 Å². The zero-order valence-corrected chi connectivity index (χ0v) is 22.0. The van der Waals surface area contributed by atoms with Gasteiger partial charge < -0.3 is 19.3 Å². The predicted molar refractivity (Wildman–Crippen MR) is 146 cm³/mol. The maximum atomic E-state index is 13.5. The van der Waals surface area contributed by atoms with Gasteiger partial charge in [0.2, 0.25) is 0 Å². The van der Waals surface area contributed by atoms with Crippen LogP contribution in [0.2, 0.25) is 0 Å². The summed E-state index contributed by atoms with van der Waals surface area (Å²) < 4.78 is 17.2. The number of amides is 1. The molecule has 8 nitrogen and oxygen atoms in total. The summed E-state index contributed by atoms with van der Waals surface area (Å²) in [6.07, 6.45) is 0.865. The van der Waals surface area contributed by atoms with Crippen LogP contribution in [0.25, 0.3) is 16.0 Å². The van der Waals surface area contributed by atoms with Gasteiger partial charge in [0.15, 0.2) is 5.13 Å². The maximum absolute atomic E-state index is 13.5. The molecule has 1 amide bonds. The number of aromatic nitrogens is 1. The van der Waals surface area contributed by atoms with Crippen molar-refractivity contribution >= 4 is 44.1 Å². The number of rotatable bonds is 8. The summed E-state index contributed by atoms with van der Waals surface area (Å²) in [5.41, 5.74) is 1.64. The number of anilines is 1. The highest BCUT2D eigenvalue weighted by Crippen LogP contribution is 2.45. The van der Waals surface area contributed by atoms with Crippen molar-refractivity contribution in [3.8, 4) is 17.2 Å². The van der Waals surface area contributed by atoms with Crippen LogP contribution in [0.1, 0.15) is 30.5 Å². The molecule has 2 heterocycles. The molecular weight excluding hydrogens is 504 g/mol. The molecule has 1 aliphatic heterocycles. The monoisotopic (exact) mass is 530 g/mol. The molecule has 1 aliphatic rings. The number of thiazole rings is 1. The van der Waals surface area contributed by atoms with Crippen LogP contribution in [-0.4, -0.2) is 42.6 Å². The van der Waals surface area contributed by atoms with Gasteiger partial charge in [-0.2, -0.15) is 0 Å². The van der Waals surface area contributed by atoms with E-state index < -0.39 is 17.7 Å². The first-order chi connectivity index (χ1) is 18.4. The fraction of sp³-hybridized carbons (Fsp3) is 0.207. The number of carbonyl (C=O) groups excluding carboxylic acids is 2. The Labute approximate surface area is 223 Å². The summed E-state index contributed by atoms with van der Waals surface area (Å²) in [6.45, 7) is 2.58. The molecule has 1 fully saturated rings. The van der Waals surface area contributed by atoms with Crippen LogP contribution < -0.4 is 19.1 Å². The van der Waals surface area contributed by atoms with E-state index in [1.165, 1.54) is 16.2 Å². The van der Waals surface area contributed by atoms with Crippen molar-refractivity contribution < 1.29 is 28.9 Å². The molecule has 1 saturated heterocycles. The van der Waals surface area contributed by atoms with Gasteiger partial charge >= 0.3 is 5.91 Å². The number of fused-ring (bicyclic) bond motifs is 1. The zero-order chi connectivity index (χ0) is 26.8. The third-order valence-corrected chi connectivity index (χ3v) is 7.26. The Morgan fingerprint density at radius 2 is 1.68 bits per heavy atom. The highest BCUT2D eigenvalue weighted by Gasteiger charge is 2.48. The van der Waals surface area contributed by atoms with Crippen LogP contribution in [0, 0.1) is 0 Å². The van der Waals surface area contributed by atoms with Gasteiger partial charge in [0.25, 0.3) is 5.78 Å². The summed E-state index contributed by atoms with van der Waals surface area (Å²) in [5, 5.41) is 11.7. The van der Waals surface area contributed by atoms with Crippen LogP contribution in [0.15, 0.2) is 72.3 Å². The molecule has 4 aromatic rings. The first-order valence-electron chi connectivity index (χ1n) is 12.1. The van der Waals surface area contributed by atoms with Crippen LogP contribution in [0.5, 0.6) is 17.2 Å². The SMILES string of the molecule is CCCOc1ccc(C(O)=C2C(=O)C(=O)N(c3nc4ccc(OC)cc4s3)C2c2cccc(OC)c2)cc1. The highest BCUT2D eigenvalue weighted by molar-refractivity contribution is 7.22. The Bertz CT molecular complexity index is 1540. The minimum atomic E-state index is -0.913. The molecule has 38 heavy (non-hydrogen) atoms. The third-order valence-electron chi connectivity index (χ3n) is 6.24. The molecule has 1 unspecified atom stereocenters. The van der Waals surface area contributed by atoms with E-state index in [2.05, 4.69) is 4.98 Å². The van der Waals surface area contributed by atoms with Crippen molar-refractivity contribution in [2.75, 3.05) is 25.7 Å². The first-order valence-corrected chi connectivity index (χ1v) is 12.9. The summed E-state index contributed by atoms with van der Waals surface area (Å²) >= 11 is 1.27. The molecule has 1 aromatic heterocycles. The van der Waals surface area contributed by atoms with Crippen LogP contribution in [-0.2, 0) is 9.59 Å². The van der Waals surface area contributed by atoms with Gasteiger partial charge in [0.1, 0.15) is 23.0 Å². The minimum absolute atomic E-state index is 0.0256. The van der Waals surface area contributed by atoms with Crippen LogP contribution in [0.3, 0.4) is 0 Å². The molecule has 0 saturated carbocycles. The predicted octanol–water partition coefficient (Wildman–Crippen LogP) is 5.73. The number of Topliss-reactive ketones (excluding diaryl/α,β-unsaturated/α-hetero) is 1. The lowest BCUT2D eigenvalue weighted by atomic mass is 9.95. The lowest BCUT2D eigenvalue weighted by molar-refractivity contribution is -0.132. The topological polar surface area (TPSA) is 98.2 Å². The number of hydrogen-bond donors (Lipinski definition) is 1. The number of ketones is 1. The molecular formula is C29H26N2O6S. The number of methoxy groups -OCH3 is 2. The Kier molecular flexibility index (Phi) is 7.02. The largest absolute Gasteiger partial charge is 0.507 e. The fourth-order valence-corrected chi connectivity index (χ4v) is 5.38. The minimum Gasteiger partial charge on any atom is -0.507 e. The smallest absolute Gasteiger partial charge is 0.301 e. The van der Waals surface area contributed by atoms with Crippen molar-refractivity contribution in [1.82, 2.24) is 4.98 Å². The Morgan fingerprint density at radius 3 is 2.39 bits per heavy atom. The molecule has 194 valence electrons. The Balaban J connectivity index is 1.65. The number of benzene rings is 3. The molecule has 0 aliphatic carbocycles. The van der Waals surface area contributed by atoms with E-state index in [1.807, 2.05) is 13.0 Å². The number of carbonyl (C=O) groups is 2. The highest BCUT2D eigenvalue weighted by atomic mass is 32.1. The molecule has 1 atom stereocenters. The summed E-state index contributed by atoms with van der Waals surface area (Å²) in [4.78, 5) is 32.9. The van der Waals surface area contributed by atoms with Gasteiger partial charge in [0, 0.05) is 5.56 Å². The van der Waals surface area contributed by atoms with Crippen LogP contribution >= 0.6 is 11.3 Å². The molecule has 9 heteroatoms. The quantitative estimate of drug-likeness (QED) is 0.177. The number of hydrogen-bond acceptors (Lipinski definition) is 8. The Morgan fingerprint density at radius 1 is 0.974 bits per heavy atom. The average molecular weight is 531 g/mol. The molecule has 1 N–H and O–H groups in total. The summed E-state index contributed by atoms with van der Waals surface area (Å²) in [7, 11) is 3.12. The van der Waals surface area contributed by atoms with Gasteiger partial charge in [-0.3, -0.25) is 14.5 Å². The standard InChI is InChI=1S/C29H26N2O6S/c1-4-14-37-19-10-8-17(9-11-19)26(32)24-25(18-6-5-7-20(15-18)35-2)31(28(34)27(24)33)29-30-22-13-12-21(36-3)16-23(22)38-29/h5-13,15-16,25,32H,4,14H2,1-3H3. The van der Waals surface area contributed by atoms with Crippen molar-refractivity contribution in [3.05, 3.63) is 83.4 Å². The summed E-state index contributed by atoms with van der Waals surface area (Å²) in [6, 6.07) is 18.4. The lowest BCUT2D eigenvalue weighted by Crippen LogP contribution is -2.29. The maximum Gasteiger partial charge on any atom is 0.301 e. The van der Waals surface area contributed by atoms with Crippen molar-refractivity contribution in [2.24, 2.45) is 0 Å². The van der Waals surface area contributed by atoms with E-state index in [9.17, 15) is 14.7 Å². The van der Waals surface area contributed by atoms with E-state index in [4.69, 9.17) is 14.2 Å². The van der Waals surface area contributed by atoms with Crippen molar-refractivity contribution in [2.45, 2.75) is 19.4 Å². The molecule has 0 bridgehead atoms. The fourth-order valence-electron chi connectivity index (χ4n) is 4.36. The number of aliphatic hydroxyl groups excluding tert-OH is 1. The van der Waals surface area contributed by atoms with E-state index in [-0.39, 0.29) is 11.3 Å². The van der Waals surface area contributed by atoms with Crippen molar-refractivity contribution in [1.29, 1.82) is 0 Å². The van der Waals surface area contributed by atoms with Gasteiger partial charge in [0.05, 0.1) is 42.7 Å². The summed E-state index contributed by atoms with van der Waals surface area (Å²) in [5.74, 6) is 0.0263. The number of nitrogens with zero attached hydrogens (tertiary/aromatic N) is 2. The average Bonchev–Trinajstić information content (AvgIpc) is 3.49. The van der Waals surface area contributed by atoms with Gasteiger partial charge in [-0.05, 0) is 66.6 Å². The molecule has 5 rings (SSSR count). The van der Waals surface area contributed by atoms with Crippen LogP contribution in [0.4, 0.5) is 5.13 Å². The van der Waals surface area contributed by atoms with E-state index in [1.54, 1.807) is 74.9 Å². The zero-order valence-electron chi connectivity index (χ0n) is 21.1. The number of aliphatic hydroxyl groups is 1. The normalized spacial score (nSPS) is 16.7. The van der Waals surface area contributed by atoms with Gasteiger partial charge in [-0.1, -0.05) is 30.4 Å². The van der Waals surface area contributed by atoms with Gasteiger partial charge in [-0.15, -0.1) is 0 Å². The van der Waals surface area contributed by atoms with Gasteiger partial charge in [-0.25, -0.2) is 4.98 Å². The first kappa shape index (κ1) is 25.3. The molecule has 0 radical (unpaired) electrons. The molecule has 0 spiro atoms. The lowest BCUT2D eigenvalue weighted by Gasteiger charge is -2.23. The second-order valence-corrected chi connectivity index (χ2v) is 9.66.